The number of carboxylic acid groups (broad SMARTS) is 3. The van der Waals surface area contributed by atoms with E-state index < -0.39 is 17.9 Å². The maximum atomic E-state index is 9.14. The number of hydrogen-bond acceptors (Lipinski definition) is 6. The van der Waals surface area contributed by atoms with Crippen LogP contribution in [0.1, 0.15) is 0 Å². The average Bonchev–Trinajstić information content (AvgIpc) is 2.19. The molecule has 84 valence electrons. The smallest absolute Gasteiger partial charge is 0.545 e. The summed E-state index contributed by atoms with van der Waals surface area (Å²) < 4.78 is 0. The summed E-state index contributed by atoms with van der Waals surface area (Å²) in [6.45, 7) is 8.69. The zero-order chi connectivity index (χ0) is 12.9. The normalized spacial score (nSPS) is 5.65. The fraction of sp³-hybridized carbons (Fsp3) is 0. The molecule has 17 heavy (non-hydrogen) atoms. The van der Waals surface area contributed by atoms with Gasteiger partial charge in [0.25, 0.3) is 0 Å². The van der Waals surface area contributed by atoms with Gasteiger partial charge < -0.3 is 29.7 Å². The first-order valence-corrected chi connectivity index (χ1v) is 3.32. The number of rotatable bonds is 3. The molecule has 0 rings (SSSR count). The summed E-state index contributed by atoms with van der Waals surface area (Å²) >= 11 is 0. The number of carboxylic acids is 3. The van der Waals surface area contributed by atoms with E-state index >= 15 is 0 Å². The van der Waals surface area contributed by atoms with Gasteiger partial charge in [0.15, 0.2) is 0 Å². The standard InChI is InChI=1S/3C3H4O2.Ca.Na/c3*1-2-3(4)5;;/h3*2H,1H2,(H,4,5);;/q;;;+2;+1/p-3. The van der Waals surface area contributed by atoms with E-state index in [0.717, 1.165) is 18.2 Å². The molecule has 0 unspecified atom stereocenters. The Bertz CT molecular complexity index is 221. The van der Waals surface area contributed by atoms with Gasteiger partial charge in [0.1, 0.15) is 0 Å². The molecular weight excluding hydrogens is 267 g/mol. The number of carbonyl (C=O) groups excluding carboxylic acids is 3. The summed E-state index contributed by atoms with van der Waals surface area (Å²) in [4.78, 5) is 27.4. The van der Waals surface area contributed by atoms with Crippen LogP contribution >= 0.6 is 0 Å². The maximum absolute atomic E-state index is 9.14. The molecule has 0 N–H and O–H groups in total. The second kappa shape index (κ2) is 24.9. The van der Waals surface area contributed by atoms with Gasteiger partial charge in [-0.3, -0.25) is 0 Å². The van der Waals surface area contributed by atoms with Crippen molar-refractivity contribution in [1.82, 2.24) is 0 Å². The predicted molar refractivity (Wildman–Crippen MR) is 51.4 cm³/mol. The molecule has 6 nitrogen and oxygen atoms in total. The molecule has 0 aromatic heterocycles. The summed E-state index contributed by atoms with van der Waals surface area (Å²) in [7, 11) is 0. The van der Waals surface area contributed by atoms with Crippen molar-refractivity contribution >= 4 is 55.6 Å². The first-order chi connectivity index (χ1) is 6.81. The Hall–Kier alpha value is -0.110. The summed E-state index contributed by atoms with van der Waals surface area (Å²) in [5, 5.41) is 27.4. The largest absolute Gasteiger partial charge is 2.00 e. The van der Waals surface area contributed by atoms with E-state index in [1.807, 2.05) is 0 Å². The van der Waals surface area contributed by atoms with Crippen LogP contribution in [0.4, 0.5) is 0 Å². The molecule has 0 spiro atoms. The molecule has 0 saturated heterocycles. The molecule has 0 aromatic rings. The Labute approximate surface area is 151 Å². The van der Waals surface area contributed by atoms with Gasteiger partial charge in [0.05, 0.1) is 17.9 Å². The van der Waals surface area contributed by atoms with Crippen molar-refractivity contribution in [3.05, 3.63) is 38.0 Å². The quantitative estimate of drug-likeness (QED) is 0.373. The third-order valence-electron chi connectivity index (χ3n) is 0.500. The third-order valence-corrected chi connectivity index (χ3v) is 0.500. The topological polar surface area (TPSA) is 120 Å². The van der Waals surface area contributed by atoms with E-state index in [9.17, 15) is 0 Å². The molecule has 0 aliphatic rings. The van der Waals surface area contributed by atoms with Gasteiger partial charge in [0.2, 0.25) is 0 Å². The molecular formula is C9H9CaNaO6. The zero-order valence-electron chi connectivity index (χ0n) is 9.51. The van der Waals surface area contributed by atoms with Crippen molar-refractivity contribution in [3.8, 4) is 0 Å². The minimum absolute atomic E-state index is 0. The van der Waals surface area contributed by atoms with Crippen LogP contribution in [0.15, 0.2) is 38.0 Å². The van der Waals surface area contributed by atoms with Gasteiger partial charge in [-0.1, -0.05) is 19.7 Å². The summed E-state index contributed by atoms with van der Waals surface area (Å²) in [6.07, 6.45) is 2.17. The van der Waals surface area contributed by atoms with Crippen molar-refractivity contribution < 1.29 is 59.3 Å². The minimum atomic E-state index is -1.23. The molecule has 0 aliphatic heterocycles. The molecule has 8 heteroatoms. The van der Waals surface area contributed by atoms with E-state index in [0.29, 0.717) is 0 Å². The average molecular weight is 276 g/mol. The van der Waals surface area contributed by atoms with Crippen molar-refractivity contribution in [3.63, 3.8) is 0 Å². The maximum Gasteiger partial charge on any atom is 2.00 e. The summed E-state index contributed by atoms with van der Waals surface area (Å²) in [6, 6.07) is 0. The Morgan fingerprint density at radius 1 is 0.706 bits per heavy atom. The van der Waals surface area contributed by atoms with E-state index in [1.54, 1.807) is 0 Å². The molecule has 0 atom stereocenters. The molecule has 0 fully saturated rings. The molecule has 0 bridgehead atoms. The minimum Gasteiger partial charge on any atom is -0.545 e. The van der Waals surface area contributed by atoms with E-state index in [4.69, 9.17) is 29.7 Å². The first-order valence-electron chi connectivity index (χ1n) is 3.32. The SMILES string of the molecule is C=CC(=O)[O-].C=CC(=O)[O-].C=CC(=O)[O-].[Ca+2].[Na+]. The van der Waals surface area contributed by atoms with E-state index in [1.165, 1.54) is 0 Å². The molecule has 0 aromatic carbocycles. The van der Waals surface area contributed by atoms with Crippen molar-refractivity contribution in [2.45, 2.75) is 0 Å². The fourth-order valence-corrected chi connectivity index (χ4v) is 0. The van der Waals surface area contributed by atoms with Crippen LogP contribution in [0, 0.1) is 0 Å². The third kappa shape index (κ3) is 88.4. The van der Waals surface area contributed by atoms with Crippen molar-refractivity contribution in [2.24, 2.45) is 0 Å². The Morgan fingerprint density at radius 2 is 0.765 bits per heavy atom. The predicted octanol–water partition coefficient (Wildman–Crippen LogP) is -6.61. The molecule has 0 amide bonds. The summed E-state index contributed by atoms with van der Waals surface area (Å²) in [5.74, 6) is -3.69. The van der Waals surface area contributed by atoms with Gasteiger partial charge in [0, 0.05) is 0 Å². The number of aliphatic carboxylic acids is 3. The van der Waals surface area contributed by atoms with Crippen LogP contribution in [0.5, 0.6) is 0 Å². The van der Waals surface area contributed by atoms with Gasteiger partial charge >= 0.3 is 67.3 Å². The van der Waals surface area contributed by atoms with Crippen LogP contribution in [0.2, 0.25) is 0 Å². The van der Waals surface area contributed by atoms with Crippen LogP contribution < -0.4 is 44.9 Å². The Kier molecular flexibility index (Phi) is 44.2. The fourth-order valence-electron chi connectivity index (χ4n) is 0. The summed E-state index contributed by atoms with van der Waals surface area (Å²) in [5.41, 5.74) is 0. The Balaban J connectivity index is -0.0000000400. The Morgan fingerprint density at radius 3 is 0.765 bits per heavy atom. The molecule has 0 radical (unpaired) electrons. The van der Waals surface area contributed by atoms with E-state index in [2.05, 4.69) is 19.7 Å². The van der Waals surface area contributed by atoms with Crippen LogP contribution in [-0.2, 0) is 14.4 Å². The molecule has 0 aliphatic carbocycles. The van der Waals surface area contributed by atoms with E-state index in [-0.39, 0.29) is 67.3 Å². The molecule has 0 heterocycles. The van der Waals surface area contributed by atoms with Gasteiger partial charge in [-0.25, -0.2) is 0 Å². The zero-order valence-corrected chi connectivity index (χ0v) is 13.7. The number of carbonyl (C=O) groups is 3. The van der Waals surface area contributed by atoms with Crippen LogP contribution in [0.3, 0.4) is 0 Å². The van der Waals surface area contributed by atoms with Crippen LogP contribution in [-0.4, -0.2) is 55.6 Å². The van der Waals surface area contributed by atoms with Gasteiger partial charge in [-0.15, -0.1) is 0 Å². The second-order valence-corrected chi connectivity index (χ2v) is 1.57. The van der Waals surface area contributed by atoms with Gasteiger partial charge in [-0.05, 0) is 18.2 Å². The first kappa shape index (κ1) is 30.2. The van der Waals surface area contributed by atoms with Crippen molar-refractivity contribution in [2.75, 3.05) is 0 Å². The second-order valence-electron chi connectivity index (χ2n) is 1.57. The number of hydrogen-bond donors (Lipinski definition) is 0. The van der Waals surface area contributed by atoms with Crippen molar-refractivity contribution in [1.29, 1.82) is 0 Å². The molecule has 0 saturated carbocycles. The van der Waals surface area contributed by atoms with Crippen LogP contribution in [0.25, 0.3) is 0 Å². The van der Waals surface area contributed by atoms with Gasteiger partial charge in [-0.2, -0.15) is 0 Å². The monoisotopic (exact) mass is 276 g/mol.